The average Bonchev–Trinajstić information content (AvgIpc) is 2.90. The van der Waals surface area contributed by atoms with E-state index in [0.29, 0.717) is 17.6 Å². The van der Waals surface area contributed by atoms with Crippen molar-refractivity contribution in [3.63, 3.8) is 0 Å². The van der Waals surface area contributed by atoms with E-state index in [1.807, 2.05) is 11.6 Å². The summed E-state index contributed by atoms with van der Waals surface area (Å²) in [5.41, 5.74) is 11.4. The fourth-order valence-electron chi connectivity index (χ4n) is 2.19. The molecule has 0 amide bonds. The number of aromatic carboxylic acids is 1. The number of aryl methyl sites for hydroxylation is 1. The van der Waals surface area contributed by atoms with Gasteiger partial charge in [0.1, 0.15) is 11.6 Å². The molecule has 0 unspecified atom stereocenters. The van der Waals surface area contributed by atoms with Crippen LogP contribution in [0.5, 0.6) is 0 Å². The van der Waals surface area contributed by atoms with E-state index in [-0.39, 0.29) is 17.3 Å². The number of benzene rings is 2. The maximum Gasteiger partial charge on any atom is 0.335 e. The van der Waals surface area contributed by atoms with Crippen molar-refractivity contribution in [3.8, 4) is 11.4 Å². The molecule has 12 heteroatoms. The maximum absolute atomic E-state index is 13.0. The van der Waals surface area contributed by atoms with E-state index in [2.05, 4.69) is 16.5 Å². The van der Waals surface area contributed by atoms with Crippen LogP contribution in [0.1, 0.15) is 10.4 Å². The van der Waals surface area contributed by atoms with E-state index in [9.17, 15) is 17.6 Å². The van der Waals surface area contributed by atoms with E-state index < -0.39 is 16.1 Å². The highest BCUT2D eigenvalue weighted by Crippen LogP contribution is 2.24. The van der Waals surface area contributed by atoms with Gasteiger partial charge >= 0.3 is 5.97 Å². The van der Waals surface area contributed by atoms with Gasteiger partial charge in [0.25, 0.3) is 10.1 Å². The lowest BCUT2D eigenvalue weighted by atomic mass is 10.2. The number of nitrogens with one attached hydrogen (secondary N) is 1. The van der Waals surface area contributed by atoms with E-state index in [4.69, 9.17) is 15.1 Å². The lowest BCUT2D eigenvalue weighted by Gasteiger charge is -2.02. The Hall–Kier alpha value is -3.51. The molecule has 0 radical (unpaired) electrons. The lowest BCUT2D eigenvalue weighted by molar-refractivity contribution is 0.0697. The minimum absolute atomic E-state index is 0.196. The molecule has 3 rings (SSSR count). The quantitative estimate of drug-likeness (QED) is 0.232. The van der Waals surface area contributed by atoms with Crippen LogP contribution in [0, 0.1) is 11.2 Å². The number of aromatic nitrogens is 2. The van der Waals surface area contributed by atoms with Gasteiger partial charge in [-0.25, -0.2) is 14.2 Å². The van der Waals surface area contributed by atoms with Crippen molar-refractivity contribution in [3.05, 3.63) is 53.8 Å². The van der Waals surface area contributed by atoms with Gasteiger partial charge in [0.05, 0.1) is 22.9 Å². The minimum Gasteiger partial charge on any atom is -0.478 e. The second-order valence-corrected chi connectivity index (χ2v) is 7.16. The molecule has 0 aliphatic heterocycles. The Morgan fingerprint density at radius 2 is 1.66 bits per heavy atom. The molecule has 0 aliphatic rings. The molecule has 156 valence electrons. The number of nitrogens with zero attached hydrogens (tertiary/aromatic N) is 2. The molecule has 1 heterocycles. The number of hydrogen-bond donors (Lipinski definition) is 5. The number of carboxylic acid groups (broad SMARTS) is 1. The Bertz CT molecular complexity index is 1120. The zero-order chi connectivity index (χ0) is 22.4. The van der Waals surface area contributed by atoms with Crippen LogP contribution in [0.15, 0.2) is 42.5 Å². The van der Waals surface area contributed by atoms with Crippen LogP contribution in [0.3, 0.4) is 0 Å². The summed E-state index contributed by atoms with van der Waals surface area (Å²) in [7, 11) is -1.82. The first-order valence-corrected chi connectivity index (χ1v) is 9.62. The van der Waals surface area contributed by atoms with Gasteiger partial charge in [0, 0.05) is 12.6 Å². The molecule has 3 aromatic rings. The van der Waals surface area contributed by atoms with Crippen LogP contribution >= 0.6 is 0 Å². The topological polar surface area (TPSA) is 185 Å². The first-order valence-electron chi connectivity index (χ1n) is 7.77. The Morgan fingerprint density at radius 1 is 1.17 bits per heavy atom. The normalized spacial score (nSPS) is 10.3. The fraction of sp³-hybridized carbons (Fsp3) is 0.118. The zero-order valence-corrected chi connectivity index (χ0v) is 16.3. The summed E-state index contributed by atoms with van der Waals surface area (Å²) in [5.74, 6) is -0.955. The van der Waals surface area contributed by atoms with Gasteiger partial charge < -0.3 is 21.1 Å². The second kappa shape index (κ2) is 9.61. The van der Waals surface area contributed by atoms with Crippen LogP contribution < -0.4 is 11.5 Å². The van der Waals surface area contributed by atoms with Crippen molar-refractivity contribution in [1.82, 2.24) is 9.55 Å². The van der Waals surface area contributed by atoms with Gasteiger partial charge in [-0.3, -0.25) is 9.96 Å². The van der Waals surface area contributed by atoms with Crippen molar-refractivity contribution in [2.45, 2.75) is 0 Å². The number of imidazole rings is 1. The Kier molecular flexibility index (Phi) is 7.80. The van der Waals surface area contributed by atoms with Gasteiger partial charge in [-0.1, -0.05) is 0 Å². The Morgan fingerprint density at radius 3 is 2.10 bits per heavy atom. The first kappa shape index (κ1) is 23.5. The molecule has 0 spiro atoms. The second-order valence-electron chi connectivity index (χ2n) is 5.70. The van der Waals surface area contributed by atoms with Crippen LogP contribution in [0.4, 0.5) is 4.39 Å². The molecule has 0 saturated heterocycles. The highest BCUT2D eigenvalue weighted by Gasteiger charge is 2.12. The molecule has 29 heavy (non-hydrogen) atoms. The summed E-state index contributed by atoms with van der Waals surface area (Å²) in [5, 5.41) is 15.0. The molecule has 0 atom stereocenters. The van der Waals surface area contributed by atoms with Crippen molar-refractivity contribution in [2.75, 3.05) is 6.26 Å². The Labute approximate surface area is 165 Å². The fourth-order valence-corrected chi connectivity index (χ4v) is 2.19. The van der Waals surface area contributed by atoms with E-state index in [1.165, 1.54) is 18.2 Å². The highest BCUT2D eigenvalue weighted by atomic mass is 32.2. The molecule has 0 bridgehead atoms. The maximum atomic E-state index is 13.0. The number of hydrogen-bond acceptors (Lipinski definition) is 5. The lowest BCUT2D eigenvalue weighted by Crippen LogP contribution is -2.20. The van der Waals surface area contributed by atoms with Crippen molar-refractivity contribution >= 4 is 33.1 Å². The van der Waals surface area contributed by atoms with Crippen molar-refractivity contribution in [1.29, 1.82) is 5.41 Å². The third-order valence-electron chi connectivity index (χ3n) is 3.23. The average molecular weight is 425 g/mol. The van der Waals surface area contributed by atoms with E-state index in [0.717, 1.165) is 11.1 Å². The Balaban J connectivity index is 0.000000396. The monoisotopic (exact) mass is 425 g/mol. The molecule has 0 saturated carbocycles. The van der Waals surface area contributed by atoms with Crippen LogP contribution in [0.2, 0.25) is 0 Å². The third kappa shape index (κ3) is 7.94. The van der Waals surface area contributed by atoms with Gasteiger partial charge in [0.15, 0.2) is 5.96 Å². The molecule has 10 nitrogen and oxygen atoms in total. The molecular formula is C17H20FN5O5S. The van der Waals surface area contributed by atoms with Gasteiger partial charge in [-0.15, -0.1) is 0 Å². The number of fused-ring (bicyclic) bond motifs is 1. The van der Waals surface area contributed by atoms with Crippen LogP contribution in [-0.2, 0) is 17.2 Å². The molecule has 0 fully saturated rings. The molecular weight excluding hydrogens is 405 g/mol. The molecule has 0 aliphatic carbocycles. The molecule has 2 aromatic carbocycles. The SMILES string of the molecule is CS(=O)(=O)O.Cn1c(-c2ccc(F)cc2)nc2cc(C(=O)O)ccc21.N=C(N)N. The smallest absolute Gasteiger partial charge is 0.335 e. The van der Waals surface area contributed by atoms with Gasteiger partial charge in [-0.05, 0) is 42.5 Å². The number of carbonyl (C=O) groups is 1. The number of rotatable bonds is 2. The molecule has 1 aromatic heterocycles. The summed E-state index contributed by atoms with van der Waals surface area (Å²) in [6, 6.07) is 10.8. The number of halogens is 1. The van der Waals surface area contributed by atoms with Crippen LogP contribution in [0.25, 0.3) is 22.4 Å². The zero-order valence-electron chi connectivity index (χ0n) is 15.5. The molecule has 7 N–H and O–H groups in total. The predicted octanol–water partition coefficient (Wildman–Crippen LogP) is 1.42. The number of nitrogens with two attached hydrogens (primary N) is 2. The number of carboxylic acids is 1. The third-order valence-corrected chi connectivity index (χ3v) is 3.23. The largest absolute Gasteiger partial charge is 0.478 e. The van der Waals surface area contributed by atoms with E-state index in [1.54, 1.807) is 24.3 Å². The minimum atomic E-state index is -3.67. The summed E-state index contributed by atoms with van der Waals surface area (Å²) in [4.78, 5) is 15.4. The van der Waals surface area contributed by atoms with Crippen LogP contribution in [-0.4, -0.2) is 45.8 Å². The highest BCUT2D eigenvalue weighted by molar-refractivity contribution is 7.85. The van der Waals surface area contributed by atoms with Crippen molar-refractivity contribution in [2.24, 2.45) is 18.5 Å². The van der Waals surface area contributed by atoms with E-state index >= 15 is 0 Å². The summed E-state index contributed by atoms with van der Waals surface area (Å²) < 4.78 is 40.7. The van der Waals surface area contributed by atoms with Gasteiger partial charge in [-0.2, -0.15) is 8.42 Å². The predicted molar refractivity (Wildman–Crippen MR) is 107 cm³/mol. The number of guanidine groups is 1. The summed E-state index contributed by atoms with van der Waals surface area (Å²) in [6.07, 6.45) is 0.715. The van der Waals surface area contributed by atoms with Gasteiger partial charge in [0.2, 0.25) is 0 Å². The summed E-state index contributed by atoms with van der Waals surface area (Å²) in [6.45, 7) is 0. The first-order chi connectivity index (χ1) is 13.3. The van der Waals surface area contributed by atoms with Crippen molar-refractivity contribution < 1.29 is 27.3 Å². The standard InChI is InChI=1S/C15H11FN2O2.CH5N3.CH4O3S/c1-18-13-7-4-10(15(19)20)8-12(13)17-14(18)9-2-5-11(16)6-3-9;2-1(3)4;1-5(2,3)4/h2-8H,1H3,(H,19,20);(H5,2,3,4);1H3,(H,2,3,4). The summed E-state index contributed by atoms with van der Waals surface area (Å²) >= 11 is 0.